The number of nitrogens with zero attached hydrogens (tertiary/aromatic N) is 2. The fraction of sp³-hybridized carbons (Fsp3) is 0.292. The average molecular weight is 416 g/mol. The molecule has 0 saturated carbocycles. The highest BCUT2D eigenvalue weighted by Crippen LogP contribution is 2.24. The fourth-order valence-corrected chi connectivity index (χ4v) is 4.39. The number of fused-ring (bicyclic) bond motifs is 2. The van der Waals surface area contributed by atoms with Crippen molar-refractivity contribution in [1.82, 2.24) is 9.88 Å². The van der Waals surface area contributed by atoms with Crippen LogP contribution in [0.3, 0.4) is 0 Å². The summed E-state index contributed by atoms with van der Waals surface area (Å²) in [5, 5.41) is 4.29. The highest BCUT2D eigenvalue weighted by Gasteiger charge is 2.27. The van der Waals surface area contributed by atoms with Gasteiger partial charge in [-0.05, 0) is 60.9 Å². The number of rotatable bonds is 3. The Hall–Kier alpha value is -3.61. The van der Waals surface area contributed by atoms with Crippen LogP contribution in [-0.4, -0.2) is 54.3 Å². The molecule has 1 saturated heterocycles. The normalized spacial score (nSPS) is 16.0. The van der Waals surface area contributed by atoms with Crippen LogP contribution < -0.4 is 15.8 Å². The van der Waals surface area contributed by atoms with E-state index in [1.807, 2.05) is 36.4 Å². The quantitative estimate of drug-likeness (QED) is 0.506. The van der Waals surface area contributed by atoms with E-state index < -0.39 is 11.7 Å². The number of nitrogens with one attached hydrogen (secondary N) is 2. The number of amides is 1. The summed E-state index contributed by atoms with van der Waals surface area (Å²) in [4.78, 5) is 43.8. The van der Waals surface area contributed by atoms with Gasteiger partial charge in [-0.2, -0.15) is 0 Å². The zero-order valence-electron chi connectivity index (χ0n) is 17.2. The molecule has 0 bridgehead atoms. The van der Waals surface area contributed by atoms with Crippen molar-refractivity contribution >= 4 is 34.0 Å². The van der Waals surface area contributed by atoms with Gasteiger partial charge in [-0.15, -0.1) is 0 Å². The molecule has 1 fully saturated rings. The first kappa shape index (κ1) is 19.4. The van der Waals surface area contributed by atoms with Crippen LogP contribution in [0.25, 0.3) is 10.9 Å². The number of H-pyrrole nitrogens is 1. The van der Waals surface area contributed by atoms with Crippen molar-refractivity contribution in [3.63, 3.8) is 0 Å². The number of aryl methyl sites for hydroxylation is 1. The summed E-state index contributed by atoms with van der Waals surface area (Å²) < 4.78 is 0. The van der Waals surface area contributed by atoms with Crippen molar-refractivity contribution in [1.29, 1.82) is 0 Å². The molecule has 0 aliphatic carbocycles. The Balaban J connectivity index is 1.26. The van der Waals surface area contributed by atoms with Crippen molar-refractivity contribution in [3.05, 3.63) is 70.0 Å². The van der Waals surface area contributed by atoms with E-state index in [1.165, 1.54) is 6.07 Å². The Morgan fingerprint density at radius 1 is 0.903 bits per heavy atom. The summed E-state index contributed by atoms with van der Waals surface area (Å²) >= 11 is 0. The number of benzene rings is 2. The molecule has 0 radical (unpaired) electrons. The third-order valence-corrected chi connectivity index (χ3v) is 6.14. The minimum Gasteiger partial charge on any atom is -0.385 e. The maximum Gasteiger partial charge on any atom is 0.295 e. The molecular weight excluding hydrogens is 392 g/mol. The molecule has 2 aliphatic rings. The molecule has 5 rings (SSSR count). The number of carbonyl (C=O) groups excluding carboxylic acids is 2. The molecule has 0 unspecified atom stereocenters. The van der Waals surface area contributed by atoms with Crippen LogP contribution in [0.5, 0.6) is 0 Å². The smallest absolute Gasteiger partial charge is 0.295 e. The van der Waals surface area contributed by atoms with Gasteiger partial charge in [-0.1, -0.05) is 0 Å². The first-order chi connectivity index (χ1) is 15.1. The Morgan fingerprint density at radius 3 is 2.58 bits per heavy atom. The zero-order valence-corrected chi connectivity index (χ0v) is 17.2. The third kappa shape index (κ3) is 3.79. The van der Waals surface area contributed by atoms with Gasteiger partial charge in [-0.3, -0.25) is 14.4 Å². The maximum absolute atomic E-state index is 12.8. The number of hydrogen-bond donors (Lipinski definition) is 2. The second-order valence-corrected chi connectivity index (χ2v) is 8.10. The minimum absolute atomic E-state index is 0.118. The van der Waals surface area contributed by atoms with Gasteiger partial charge in [0, 0.05) is 66.6 Å². The van der Waals surface area contributed by atoms with E-state index >= 15 is 0 Å². The molecule has 1 amide bonds. The highest BCUT2D eigenvalue weighted by atomic mass is 16.2. The molecule has 158 valence electrons. The van der Waals surface area contributed by atoms with Gasteiger partial charge in [0.25, 0.3) is 5.91 Å². The van der Waals surface area contributed by atoms with Crippen LogP contribution in [0, 0.1) is 0 Å². The number of piperazine rings is 1. The lowest BCUT2D eigenvalue weighted by Gasteiger charge is -2.36. The lowest BCUT2D eigenvalue weighted by Crippen LogP contribution is -2.50. The first-order valence-electron chi connectivity index (χ1n) is 10.7. The molecular formula is C24H24N4O3. The Kier molecular flexibility index (Phi) is 4.94. The zero-order chi connectivity index (χ0) is 21.4. The molecule has 0 atom stereocenters. The van der Waals surface area contributed by atoms with Crippen LogP contribution in [-0.2, 0) is 11.2 Å². The van der Waals surface area contributed by atoms with E-state index in [4.69, 9.17) is 0 Å². The fourth-order valence-electron chi connectivity index (χ4n) is 4.39. The molecule has 2 N–H and O–H groups in total. The first-order valence-corrected chi connectivity index (χ1v) is 10.7. The SMILES string of the molecule is O=C(C(=O)N1CCN(c2ccc3[nH]c(=O)ccc3c2)CC1)c1ccc2c(c1)CCCN2. The number of anilines is 2. The van der Waals surface area contributed by atoms with Gasteiger partial charge in [0.1, 0.15) is 0 Å². The number of ketones is 1. The van der Waals surface area contributed by atoms with Crippen molar-refractivity contribution in [3.8, 4) is 0 Å². The van der Waals surface area contributed by atoms with Crippen molar-refractivity contribution < 1.29 is 9.59 Å². The molecule has 1 aromatic heterocycles. The van der Waals surface area contributed by atoms with E-state index in [0.29, 0.717) is 31.7 Å². The molecule has 2 aliphatic heterocycles. The van der Waals surface area contributed by atoms with Gasteiger partial charge in [0.05, 0.1) is 0 Å². The summed E-state index contributed by atoms with van der Waals surface area (Å²) in [5.74, 6) is -0.865. The van der Waals surface area contributed by atoms with Crippen LogP contribution in [0.1, 0.15) is 22.3 Å². The molecule has 0 spiro atoms. The Bertz CT molecular complexity index is 1220. The average Bonchev–Trinajstić information content (AvgIpc) is 2.82. The van der Waals surface area contributed by atoms with E-state index in [2.05, 4.69) is 15.2 Å². The number of hydrogen-bond acceptors (Lipinski definition) is 5. The Labute approximate surface area is 179 Å². The van der Waals surface area contributed by atoms with Gasteiger partial charge in [-0.25, -0.2) is 0 Å². The van der Waals surface area contributed by atoms with Crippen LogP contribution in [0.15, 0.2) is 53.3 Å². The molecule has 31 heavy (non-hydrogen) atoms. The van der Waals surface area contributed by atoms with Crippen molar-refractivity contribution in [2.24, 2.45) is 0 Å². The van der Waals surface area contributed by atoms with E-state index in [-0.39, 0.29) is 5.56 Å². The van der Waals surface area contributed by atoms with Crippen LogP contribution in [0.4, 0.5) is 11.4 Å². The van der Waals surface area contributed by atoms with Crippen LogP contribution >= 0.6 is 0 Å². The Morgan fingerprint density at radius 2 is 1.74 bits per heavy atom. The lowest BCUT2D eigenvalue weighted by molar-refractivity contribution is -0.126. The van der Waals surface area contributed by atoms with Gasteiger partial charge in [0.2, 0.25) is 11.3 Å². The third-order valence-electron chi connectivity index (χ3n) is 6.14. The summed E-state index contributed by atoms with van der Waals surface area (Å²) in [6.07, 6.45) is 1.96. The molecule has 3 aromatic rings. The minimum atomic E-state index is -0.434. The molecule has 2 aromatic carbocycles. The molecule has 3 heterocycles. The monoisotopic (exact) mass is 416 g/mol. The van der Waals surface area contributed by atoms with Crippen molar-refractivity contribution in [2.45, 2.75) is 12.8 Å². The summed E-state index contributed by atoms with van der Waals surface area (Å²) in [6, 6.07) is 14.7. The predicted octanol–water partition coefficient (Wildman–Crippen LogP) is 2.42. The maximum atomic E-state index is 12.8. The van der Waals surface area contributed by atoms with Crippen molar-refractivity contribution in [2.75, 3.05) is 42.9 Å². The van der Waals surface area contributed by atoms with Crippen LogP contribution in [0.2, 0.25) is 0 Å². The predicted molar refractivity (Wildman–Crippen MR) is 121 cm³/mol. The summed E-state index contributed by atoms with van der Waals surface area (Å²) in [7, 11) is 0. The topological polar surface area (TPSA) is 85.5 Å². The van der Waals surface area contributed by atoms with Gasteiger partial charge in [0.15, 0.2) is 0 Å². The largest absolute Gasteiger partial charge is 0.385 e. The second-order valence-electron chi connectivity index (χ2n) is 8.10. The second kappa shape index (κ2) is 7.91. The van der Waals surface area contributed by atoms with E-state index in [9.17, 15) is 14.4 Å². The van der Waals surface area contributed by atoms with Gasteiger partial charge < -0.3 is 20.1 Å². The molecule has 7 heteroatoms. The number of pyridine rings is 1. The van der Waals surface area contributed by atoms with E-state index in [0.717, 1.165) is 47.2 Å². The lowest BCUT2D eigenvalue weighted by atomic mass is 9.98. The number of Topliss-reactive ketones (excluding diaryl/α,β-unsaturated/α-hetero) is 1. The van der Waals surface area contributed by atoms with E-state index in [1.54, 1.807) is 11.0 Å². The standard InChI is InChI=1S/C24H24N4O3/c29-22-8-4-17-15-19(5-7-21(17)26-22)27-10-12-28(13-11-27)24(31)23(30)18-3-6-20-16(14-18)2-1-9-25-20/h3-8,14-15,25H,1-2,9-13H2,(H,26,29). The number of carbonyl (C=O) groups is 2. The summed E-state index contributed by atoms with van der Waals surface area (Å²) in [6.45, 7) is 3.25. The molecule has 7 nitrogen and oxygen atoms in total. The number of aromatic nitrogens is 1. The number of aromatic amines is 1. The highest BCUT2D eigenvalue weighted by molar-refractivity contribution is 6.42. The van der Waals surface area contributed by atoms with Gasteiger partial charge >= 0.3 is 0 Å². The summed E-state index contributed by atoms with van der Waals surface area (Å²) in [5.41, 5.74) is 4.36.